The monoisotopic (exact) mass is 160 g/mol. The van der Waals surface area contributed by atoms with Crippen LogP contribution in [0.3, 0.4) is 0 Å². The summed E-state index contributed by atoms with van der Waals surface area (Å²) in [5.41, 5.74) is 0. The molecule has 1 unspecified atom stereocenters. The highest BCUT2D eigenvalue weighted by atomic mass is 16.4. The first-order valence-electron chi connectivity index (χ1n) is 3.08. The van der Waals surface area contributed by atoms with Crippen molar-refractivity contribution in [3.05, 3.63) is 0 Å². The summed E-state index contributed by atoms with van der Waals surface area (Å²) in [5.74, 6) is 0. The largest absolute Gasteiger partial charge is 0.465 e. The molecule has 2 amide bonds. The van der Waals surface area contributed by atoms with Gasteiger partial charge in [-0.1, -0.05) is 0 Å². The molecule has 11 heavy (non-hydrogen) atoms. The number of carboxylic acid groups (broad SMARTS) is 2. The Morgan fingerprint density at radius 1 is 1.09 bits per heavy atom. The highest BCUT2D eigenvalue weighted by Crippen LogP contribution is 2.20. The second-order valence-electron chi connectivity index (χ2n) is 2.35. The van der Waals surface area contributed by atoms with Crippen molar-refractivity contribution in [2.75, 3.05) is 0 Å². The molecule has 62 valence electrons. The highest BCUT2D eigenvalue weighted by Gasteiger charge is 2.39. The van der Waals surface area contributed by atoms with Gasteiger partial charge in [-0.05, 0) is 6.42 Å². The topological polar surface area (TPSA) is 98.7 Å². The summed E-state index contributed by atoms with van der Waals surface area (Å²) in [6, 6.07) is -0.493. The van der Waals surface area contributed by atoms with E-state index in [1.54, 1.807) is 0 Å². The van der Waals surface area contributed by atoms with Crippen LogP contribution < -0.4 is 10.6 Å². The van der Waals surface area contributed by atoms with Crippen LogP contribution in [0.2, 0.25) is 0 Å². The lowest BCUT2D eigenvalue weighted by Crippen LogP contribution is -2.33. The van der Waals surface area contributed by atoms with Crippen LogP contribution in [-0.4, -0.2) is 34.5 Å². The van der Waals surface area contributed by atoms with Crippen molar-refractivity contribution < 1.29 is 19.8 Å². The SMILES string of the molecule is O=C(O)NC1C[C@H]1NC(=O)O. The zero-order valence-electron chi connectivity index (χ0n) is 5.57. The van der Waals surface area contributed by atoms with Gasteiger partial charge in [-0.25, -0.2) is 9.59 Å². The van der Waals surface area contributed by atoms with Gasteiger partial charge >= 0.3 is 12.2 Å². The predicted molar refractivity (Wildman–Crippen MR) is 34.5 cm³/mol. The number of hydrogen-bond acceptors (Lipinski definition) is 2. The molecule has 4 N–H and O–H groups in total. The summed E-state index contributed by atoms with van der Waals surface area (Å²) >= 11 is 0. The van der Waals surface area contributed by atoms with Crippen LogP contribution in [0.1, 0.15) is 6.42 Å². The Balaban J connectivity index is 2.16. The Bertz CT molecular complexity index is 173. The minimum Gasteiger partial charge on any atom is -0.465 e. The van der Waals surface area contributed by atoms with Gasteiger partial charge in [0.25, 0.3) is 0 Å². The molecule has 0 spiro atoms. The fraction of sp³-hybridized carbons (Fsp3) is 0.600. The van der Waals surface area contributed by atoms with E-state index < -0.39 is 12.2 Å². The fourth-order valence-electron chi connectivity index (χ4n) is 0.831. The summed E-state index contributed by atoms with van der Waals surface area (Å²) in [5, 5.41) is 20.7. The molecular weight excluding hydrogens is 152 g/mol. The number of amides is 2. The Kier molecular flexibility index (Phi) is 1.84. The normalized spacial score (nSPS) is 27.3. The second-order valence-corrected chi connectivity index (χ2v) is 2.35. The summed E-state index contributed by atoms with van der Waals surface area (Å²) in [4.78, 5) is 20.0. The quantitative estimate of drug-likeness (QED) is 0.444. The molecule has 1 saturated carbocycles. The van der Waals surface area contributed by atoms with E-state index in [9.17, 15) is 9.59 Å². The molecule has 1 fully saturated rings. The minimum atomic E-state index is -1.12. The Morgan fingerprint density at radius 2 is 1.45 bits per heavy atom. The van der Waals surface area contributed by atoms with Crippen molar-refractivity contribution in [2.45, 2.75) is 18.5 Å². The summed E-state index contributed by atoms with van der Waals surface area (Å²) in [7, 11) is 0. The molecule has 0 aliphatic heterocycles. The van der Waals surface area contributed by atoms with Crippen LogP contribution in [0.15, 0.2) is 0 Å². The third-order valence-corrected chi connectivity index (χ3v) is 1.41. The van der Waals surface area contributed by atoms with Gasteiger partial charge in [0.2, 0.25) is 0 Å². The van der Waals surface area contributed by atoms with E-state index >= 15 is 0 Å². The van der Waals surface area contributed by atoms with Crippen LogP contribution in [0, 0.1) is 0 Å². The summed E-state index contributed by atoms with van der Waals surface area (Å²) < 4.78 is 0. The Labute approximate surface area is 62.2 Å². The van der Waals surface area contributed by atoms with E-state index in [2.05, 4.69) is 10.6 Å². The van der Waals surface area contributed by atoms with Crippen LogP contribution in [0.5, 0.6) is 0 Å². The molecule has 0 heterocycles. The van der Waals surface area contributed by atoms with Crippen molar-refractivity contribution >= 4 is 12.2 Å². The molecule has 1 aliphatic carbocycles. The maximum atomic E-state index is 9.99. The summed E-state index contributed by atoms with van der Waals surface area (Å²) in [6.07, 6.45) is -1.70. The third kappa shape index (κ3) is 2.32. The third-order valence-electron chi connectivity index (χ3n) is 1.41. The fourth-order valence-corrected chi connectivity index (χ4v) is 0.831. The van der Waals surface area contributed by atoms with Crippen LogP contribution >= 0.6 is 0 Å². The van der Waals surface area contributed by atoms with Crippen LogP contribution in [-0.2, 0) is 0 Å². The van der Waals surface area contributed by atoms with Gasteiger partial charge in [0, 0.05) is 0 Å². The molecule has 0 radical (unpaired) electrons. The van der Waals surface area contributed by atoms with E-state index in [1.807, 2.05) is 0 Å². The molecule has 6 heteroatoms. The first-order valence-corrected chi connectivity index (χ1v) is 3.08. The second kappa shape index (κ2) is 2.65. The van der Waals surface area contributed by atoms with Crippen molar-refractivity contribution in [3.63, 3.8) is 0 Å². The number of nitrogens with one attached hydrogen (secondary N) is 2. The molecule has 0 aromatic heterocycles. The molecule has 1 aliphatic rings. The molecule has 1 rings (SSSR count). The molecule has 2 atom stereocenters. The smallest absolute Gasteiger partial charge is 0.404 e. The molecule has 0 aromatic rings. The average Bonchev–Trinajstić information content (AvgIpc) is 2.43. The van der Waals surface area contributed by atoms with Gasteiger partial charge in [-0.2, -0.15) is 0 Å². The summed E-state index contributed by atoms with van der Waals surface area (Å²) in [6.45, 7) is 0. The lowest BCUT2D eigenvalue weighted by Gasteiger charge is -1.98. The van der Waals surface area contributed by atoms with Gasteiger partial charge in [0.1, 0.15) is 0 Å². The Morgan fingerprint density at radius 3 is 1.73 bits per heavy atom. The number of carbonyl (C=O) groups is 2. The van der Waals surface area contributed by atoms with Gasteiger partial charge in [-0.3, -0.25) is 0 Å². The molecule has 0 aromatic carbocycles. The van der Waals surface area contributed by atoms with Gasteiger partial charge in [-0.15, -0.1) is 0 Å². The first kappa shape index (κ1) is 7.64. The van der Waals surface area contributed by atoms with E-state index in [-0.39, 0.29) is 12.1 Å². The van der Waals surface area contributed by atoms with E-state index in [0.29, 0.717) is 6.42 Å². The van der Waals surface area contributed by atoms with Gasteiger partial charge in [0.15, 0.2) is 0 Å². The zero-order valence-corrected chi connectivity index (χ0v) is 5.57. The van der Waals surface area contributed by atoms with Gasteiger partial charge < -0.3 is 20.8 Å². The molecular formula is C5H8N2O4. The average molecular weight is 160 g/mol. The maximum absolute atomic E-state index is 9.99. The van der Waals surface area contributed by atoms with Gasteiger partial charge in [0.05, 0.1) is 12.1 Å². The molecule has 0 saturated heterocycles. The minimum absolute atomic E-state index is 0.247. The van der Waals surface area contributed by atoms with Crippen molar-refractivity contribution in [1.29, 1.82) is 0 Å². The number of rotatable bonds is 2. The molecule has 6 nitrogen and oxygen atoms in total. The standard InChI is InChI=1S/C5H8N2O4/c8-4(9)6-2-1-3(2)7-5(10)11/h2-3,6-7H,1H2,(H,8,9)(H,10,11)/t2-,3?/m1/s1. The van der Waals surface area contributed by atoms with E-state index in [1.165, 1.54) is 0 Å². The van der Waals surface area contributed by atoms with Crippen molar-refractivity contribution in [2.24, 2.45) is 0 Å². The lowest BCUT2D eigenvalue weighted by molar-refractivity contribution is 0.188. The molecule has 0 bridgehead atoms. The van der Waals surface area contributed by atoms with Crippen molar-refractivity contribution in [1.82, 2.24) is 10.6 Å². The zero-order chi connectivity index (χ0) is 8.43. The van der Waals surface area contributed by atoms with E-state index in [4.69, 9.17) is 10.2 Å². The lowest BCUT2D eigenvalue weighted by atomic mass is 10.6. The van der Waals surface area contributed by atoms with E-state index in [0.717, 1.165) is 0 Å². The van der Waals surface area contributed by atoms with Crippen LogP contribution in [0.4, 0.5) is 9.59 Å². The number of hydrogen-bond donors (Lipinski definition) is 4. The Hall–Kier alpha value is -1.46. The maximum Gasteiger partial charge on any atom is 0.404 e. The van der Waals surface area contributed by atoms with Crippen LogP contribution in [0.25, 0.3) is 0 Å². The first-order chi connectivity index (χ1) is 5.09. The predicted octanol–water partition coefficient (Wildman–Crippen LogP) is -0.338. The highest BCUT2D eigenvalue weighted by molar-refractivity contribution is 5.68. The van der Waals surface area contributed by atoms with Crippen molar-refractivity contribution in [3.8, 4) is 0 Å².